The largest absolute Gasteiger partial charge is 0.479 e. The first-order valence-corrected chi connectivity index (χ1v) is 4.30. The lowest BCUT2D eigenvalue weighted by atomic mass is 10.6. The third kappa shape index (κ3) is 3.92. The number of aliphatic carboxylic acids is 1. The number of hydrogen-bond donors (Lipinski definition) is 3. The van der Waals surface area contributed by atoms with Gasteiger partial charge in [0, 0.05) is 7.05 Å². The van der Waals surface area contributed by atoms with E-state index < -0.39 is 18.6 Å². The van der Waals surface area contributed by atoms with Gasteiger partial charge in [0.05, 0.1) is 6.54 Å². The fourth-order valence-corrected chi connectivity index (χ4v) is 0.826. The molecular weight excluding hydrogens is 218 g/mol. The van der Waals surface area contributed by atoms with E-state index in [9.17, 15) is 9.59 Å². The molecule has 2 amide bonds. The number of amides is 2. The van der Waals surface area contributed by atoms with Gasteiger partial charge in [-0.05, 0) is 0 Å². The zero-order valence-corrected chi connectivity index (χ0v) is 8.51. The molecule has 0 aliphatic heterocycles. The van der Waals surface area contributed by atoms with Gasteiger partial charge in [0.2, 0.25) is 0 Å². The molecule has 1 rings (SSSR count). The molecule has 16 heavy (non-hydrogen) atoms. The highest BCUT2D eigenvalue weighted by Crippen LogP contribution is 1.89. The molecule has 3 N–H and O–H groups in total. The van der Waals surface area contributed by atoms with Gasteiger partial charge in [-0.15, -0.1) is 10.2 Å². The van der Waals surface area contributed by atoms with E-state index in [1.165, 1.54) is 6.33 Å². The van der Waals surface area contributed by atoms with Gasteiger partial charge in [-0.2, -0.15) is 0 Å². The number of urea groups is 1. The average molecular weight is 229 g/mol. The number of aryl methyl sites for hydroxylation is 1. The summed E-state index contributed by atoms with van der Waals surface area (Å²) in [5.41, 5.74) is 1.91. The van der Waals surface area contributed by atoms with Gasteiger partial charge in [-0.1, -0.05) is 0 Å². The molecule has 0 bridgehead atoms. The minimum atomic E-state index is -1.17. The van der Waals surface area contributed by atoms with Crippen LogP contribution < -0.4 is 10.8 Å². The highest BCUT2D eigenvalue weighted by atomic mass is 16.7. The van der Waals surface area contributed by atoms with E-state index in [0.29, 0.717) is 5.82 Å². The molecule has 0 atom stereocenters. The average Bonchev–Trinajstić information content (AvgIpc) is 2.60. The number of carbonyl (C=O) groups is 2. The van der Waals surface area contributed by atoms with Crippen LogP contribution in [0.2, 0.25) is 0 Å². The van der Waals surface area contributed by atoms with Crippen LogP contribution in [0.3, 0.4) is 0 Å². The van der Waals surface area contributed by atoms with Crippen LogP contribution in [0.5, 0.6) is 0 Å². The van der Waals surface area contributed by atoms with Crippen molar-refractivity contribution < 1.29 is 19.5 Å². The lowest BCUT2D eigenvalue weighted by Crippen LogP contribution is -2.36. The summed E-state index contributed by atoms with van der Waals surface area (Å²) in [6.07, 6.45) is 1.50. The molecule has 0 saturated carbocycles. The molecule has 9 heteroatoms. The predicted molar refractivity (Wildman–Crippen MR) is 50.0 cm³/mol. The molecule has 0 fully saturated rings. The zero-order chi connectivity index (χ0) is 12.0. The van der Waals surface area contributed by atoms with Crippen LogP contribution in [0.4, 0.5) is 4.79 Å². The third-order valence-electron chi connectivity index (χ3n) is 1.57. The van der Waals surface area contributed by atoms with E-state index in [0.717, 1.165) is 0 Å². The molecule has 0 spiro atoms. The van der Waals surface area contributed by atoms with Crippen LogP contribution >= 0.6 is 0 Å². The Bertz CT molecular complexity index is 377. The Morgan fingerprint density at radius 1 is 1.62 bits per heavy atom. The topological polar surface area (TPSA) is 118 Å². The predicted octanol–water partition coefficient (Wildman–Crippen LogP) is -1.37. The fraction of sp³-hybridized carbons (Fsp3) is 0.429. The summed E-state index contributed by atoms with van der Waals surface area (Å²) in [5.74, 6) is -0.609. The molecule has 1 heterocycles. The van der Waals surface area contributed by atoms with Gasteiger partial charge in [-0.3, -0.25) is 4.84 Å². The van der Waals surface area contributed by atoms with Crippen LogP contribution in [0.1, 0.15) is 5.82 Å². The Morgan fingerprint density at radius 3 is 2.94 bits per heavy atom. The maximum absolute atomic E-state index is 11.0. The highest BCUT2D eigenvalue weighted by molar-refractivity contribution is 5.73. The van der Waals surface area contributed by atoms with Crippen molar-refractivity contribution in [3.05, 3.63) is 12.2 Å². The summed E-state index contributed by atoms with van der Waals surface area (Å²) in [6.45, 7) is -0.434. The molecular formula is C7H11N5O4. The second kappa shape index (κ2) is 5.66. The number of hydrogen-bond acceptors (Lipinski definition) is 5. The second-order valence-electron chi connectivity index (χ2n) is 2.83. The molecule has 0 aliphatic carbocycles. The van der Waals surface area contributed by atoms with Gasteiger partial charge in [0.25, 0.3) is 0 Å². The summed E-state index contributed by atoms with van der Waals surface area (Å²) >= 11 is 0. The van der Waals surface area contributed by atoms with Crippen molar-refractivity contribution in [1.29, 1.82) is 0 Å². The van der Waals surface area contributed by atoms with Crippen molar-refractivity contribution in [2.75, 3.05) is 6.61 Å². The van der Waals surface area contributed by atoms with Crippen LogP contribution in [0, 0.1) is 0 Å². The van der Waals surface area contributed by atoms with E-state index in [4.69, 9.17) is 5.11 Å². The molecule has 0 aliphatic rings. The smallest absolute Gasteiger partial charge is 0.339 e. The van der Waals surface area contributed by atoms with Crippen LogP contribution in [0.25, 0.3) is 0 Å². The van der Waals surface area contributed by atoms with E-state index in [2.05, 4.69) is 20.4 Å². The van der Waals surface area contributed by atoms with Gasteiger partial charge >= 0.3 is 12.0 Å². The number of carbonyl (C=O) groups excluding carboxylic acids is 1. The normalized spacial score (nSPS) is 9.81. The Hall–Kier alpha value is -2.16. The standard InChI is InChI=1S/C7H11N5O4/c1-12-4-9-10-5(12)2-8-7(15)11-16-3-6(13)14/h4H,2-3H2,1H3,(H,13,14)(H2,8,11,15). The van der Waals surface area contributed by atoms with Gasteiger partial charge < -0.3 is 15.0 Å². The molecule has 0 radical (unpaired) electrons. The molecule has 9 nitrogen and oxygen atoms in total. The molecule has 1 aromatic heterocycles. The minimum Gasteiger partial charge on any atom is -0.479 e. The van der Waals surface area contributed by atoms with Crippen molar-refractivity contribution in [3.63, 3.8) is 0 Å². The van der Waals surface area contributed by atoms with Crippen molar-refractivity contribution in [2.24, 2.45) is 7.05 Å². The summed E-state index contributed by atoms with van der Waals surface area (Å²) in [6, 6.07) is -0.649. The Balaban J connectivity index is 2.20. The lowest BCUT2D eigenvalue weighted by Gasteiger charge is -2.05. The third-order valence-corrected chi connectivity index (χ3v) is 1.57. The zero-order valence-electron chi connectivity index (χ0n) is 8.51. The summed E-state index contributed by atoms with van der Waals surface area (Å²) in [4.78, 5) is 25.4. The molecule has 1 aromatic rings. The number of hydroxylamine groups is 1. The number of rotatable bonds is 5. The van der Waals surface area contributed by atoms with Crippen molar-refractivity contribution in [2.45, 2.75) is 6.54 Å². The maximum atomic E-state index is 11.0. The quantitative estimate of drug-likeness (QED) is 0.536. The van der Waals surface area contributed by atoms with Crippen LogP contribution in [-0.4, -0.2) is 38.5 Å². The van der Waals surface area contributed by atoms with Crippen LogP contribution in [-0.2, 0) is 23.2 Å². The number of aromatic nitrogens is 3. The lowest BCUT2D eigenvalue weighted by molar-refractivity contribution is -0.144. The van der Waals surface area contributed by atoms with E-state index >= 15 is 0 Å². The van der Waals surface area contributed by atoms with Crippen molar-refractivity contribution in [1.82, 2.24) is 25.6 Å². The Kier molecular flexibility index (Phi) is 4.21. The number of nitrogens with zero attached hydrogens (tertiary/aromatic N) is 3. The van der Waals surface area contributed by atoms with E-state index in [1.807, 2.05) is 5.48 Å². The van der Waals surface area contributed by atoms with Crippen molar-refractivity contribution in [3.8, 4) is 0 Å². The van der Waals surface area contributed by atoms with E-state index in [-0.39, 0.29) is 6.54 Å². The van der Waals surface area contributed by atoms with Crippen LogP contribution in [0.15, 0.2) is 6.33 Å². The first-order valence-electron chi connectivity index (χ1n) is 4.30. The number of carboxylic acid groups (broad SMARTS) is 1. The Morgan fingerprint density at radius 2 is 2.38 bits per heavy atom. The molecule has 0 saturated heterocycles. The summed E-state index contributed by atoms with van der Waals surface area (Å²) < 4.78 is 1.64. The first-order chi connectivity index (χ1) is 7.59. The molecule has 0 unspecified atom stereocenters. The second-order valence-corrected chi connectivity index (χ2v) is 2.83. The SMILES string of the molecule is Cn1cnnc1CNC(=O)NOCC(=O)O. The van der Waals surface area contributed by atoms with Crippen molar-refractivity contribution >= 4 is 12.0 Å². The highest BCUT2D eigenvalue weighted by Gasteiger charge is 2.05. The van der Waals surface area contributed by atoms with Gasteiger partial charge in [0.1, 0.15) is 6.33 Å². The van der Waals surface area contributed by atoms with Gasteiger partial charge in [0.15, 0.2) is 12.4 Å². The minimum absolute atomic E-state index is 0.165. The Labute approximate surface area is 90.4 Å². The van der Waals surface area contributed by atoms with Gasteiger partial charge in [-0.25, -0.2) is 15.1 Å². The summed E-state index contributed by atoms with van der Waals surface area (Å²) in [5, 5.41) is 18.0. The number of nitrogens with one attached hydrogen (secondary N) is 2. The first kappa shape index (κ1) is 11.9. The molecule has 88 valence electrons. The summed E-state index contributed by atoms with van der Waals surface area (Å²) in [7, 11) is 1.73. The molecule has 0 aromatic carbocycles. The fourth-order valence-electron chi connectivity index (χ4n) is 0.826. The van der Waals surface area contributed by atoms with E-state index in [1.54, 1.807) is 11.6 Å². The number of carboxylic acids is 1. The maximum Gasteiger partial charge on any atom is 0.339 e. The monoisotopic (exact) mass is 229 g/mol.